The van der Waals surface area contributed by atoms with E-state index in [-0.39, 0.29) is 24.6 Å². The van der Waals surface area contributed by atoms with Crippen LogP contribution in [-0.2, 0) is 14.3 Å². The van der Waals surface area contributed by atoms with Crippen LogP contribution in [0.3, 0.4) is 0 Å². The van der Waals surface area contributed by atoms with Crippen molar-refractivity contribution in [1.82, 2.24) is 4.98 Å². The van der Waals surface area contributed by atoms with Crippen molar-refractivity contribution in [1.29, 1.82) is 0 Å². The van der Waals surface area contributed by atoms with Crippen LogP contribution in [0.2, 0.25) is 0 Å². The van der Waals surface area contributed by atoms with Gasteiger partial charge in [-0.3, -0.25) is 4.98 Å². The highest BCUT2D eigenvalue weighted by molar-refractivity contribution is 6.01. The Hall–Kier alpha value is -1.99. The molecule has 24 heavy (non-hydrogen) atoms. The number of rotatable bonds is 7. The lowest BCUT2D eigenvalue weighted by Crippen LogP contribution is -2.26. The van der Waals surface area contributed by atoms with Gasteiger partial charge in [-0.2, -0.15) is 0 Å². The molecule has 2 fully saturated rings. The van der Waals surface area contributed by atoms with Gasteiger partial charge in [-0.1, -0.05) is 5.16 Å². The number of carboxylic acid groups (broad SMARTS) is 1. The van der Waals surface area contributed by atoms with Crippen LogP contribution in [0.4, 0.5) is 0 Å². The largest absolute Gasteiger partial charge is 0.478 e. The molecule has 1 atom stereocenters. The first-order chi connectivity index (χ1) is 11.7. The fourth-order valence-corrected chi connectivity index (χ4v) is 2.52. The highest BCUT2D eigenvalue weighted by Gasteiger charge is 2.21. The molecule has 1 N–H and O–H groups in total. The van der Waals surface area contributed by atoms with E-state index in [9.17, 15) is 4.79 Å². The summed E-state index contributed by atoms with van der Waals surface area (Å²) in [7, 11) is 0. The third kappa shape index (κ3) is 4.52. The van der Waals surface area contributed by atoms with E-state index < -0.39 is 5.97 Å². The Bertz CT molecular complexity index is 594. The molecule has 1 aromatic heterocycles. The Kier molecular flexibility index (Phi) is 5.77. The van der Waals surface area contributed by atoms with Crippen LogP contribution in [0, 0.1) is 0 Å². The van der Waals surface area contributed by atoms with Crippen molar-refractivity contribution in [3.8, 4) is 0 Å². The lowest BCUT2D eigenvalue weighted by atomic mass is 9.96. The summed E-state index contributed by atoms with van der Waals surface area (Å²) < 4.78 is 11.3. The summed E-state index contributed by atoms with van der Waals surface area (Å²) in [5.74, 6) is -1.01. The van der Waals surface area contributed by atoms with Gasteiger partial charge in [0.2, 0.25) is 6.29 Å². The number of pyridine rings is 1. The fraction of sp³-hybridized carbons (Fsp3) is 0.588. The molecule has 2 heterocycles. The number of aromatic carboxylic acids is 1. The zero-order valence-corrected chi connectivity index (χ0v) is 13.5. The summed E-state index contributed by atoms with van der Waals surface area (Å²) in [6, 6.07) is 2.93. The van der Waals surface area contributed by atoms with Crippen molar-refractivity contribution in [2.75, 3.05) is 13.2 Å². The van der Waals surface area contributed by atoms with Gasteiger partial charge >= 0.3 is 5.97 Å². The third-order valence-corrected chi connectivity index (χ3v) is 4.23. The predicted molar refractivity (Wildman–Crippen MR) is 86.0 cm³/mol. The zero-order chi connectivity index (χ0) is 16.8. The van der Waals surface area contributed by atoms with Crippen molar-refractivity contribution in [2.24, 2.45) is 5.16 Å². The summed E-state index contributed by atoms with van der Waals surface area (Å²) in [4.78, 5) is 20.8. The lowest BCUT2D eigenvalue weighted by molar-refractivity contribution is -0.162. The van der Waals surface area contributed by atoms with Gasteiger partial charge in [-0.25, -0.2) is 4.79 Å². The second-order valence-corrected chi connectivity index (χ2v) is 6.04. The normalized spacial score (nSPS) is 22.0. The molecule has 0 amide bonds. The van der Waals surface area contributed by atoms with Crippen LogP contribution < -0.4 is 0 Å². The SMILES string of the molecule is O=C(O)c1ccnc(/C(COC2CCC2)=N/OC2CCCCO2)c1. The van der Waals surface area contributed by atoms with E-state index in [0.717, 1.165) is 32.1 Å². The van der Waals surface area contributed by atoms with Crippen molar-refractivity contribution in [2.45, 2.75) is 50.9 Å². The fourth-order valence-electron chi connectivity index (χ4n) is 2.52. The van der Waals surface area contributed by atoms with Crippen LogP contribution >= 0.6 is 0 Å². The van der Waals surface area contributed by atoms with E-state index in [2.05, 4.69) is 10.1 Å². The molecule has 0 spiro atoms. The molecule has 3 rings (SSSR count). The van der Waals surface area contributed by atoms with Crippen molar-refractivity contribution >= 4 is 11.7 Å². The molecule has 0 bridgehead atoms. The number of hydrogen-bond donors (Lipinski definition) is 1. The number of carboxylic acids is 1. The number of nitrogens with zero attached hydrogens (tertiary/aromatic N) is 2. The first kappa shape index (κ1) is 16.9. The Labute approximate surface area is 140 Å². The van der Waals surface area contributed by atoms with Gasteiger partial charge in [0.15, 0.2) is 0 Å². The molecule has 130 valence electrons. The van der Waals surface area contributed by atoms with E-state index in [1.54, 1.807) is 0 Å². The molecule has 0 aromatic carbocycles. The summed E-state index contributed by atoms with van der Waals surface area (Å²) in [6.45, 7) is 0.911. The Balaban J connectivity index is 1.72. The molecule has 7 nitrogen and oxygen atoms in total. The highest BCUT2D eigenvalue weighted by Crippen LogP contribution is 2.22. The molecule has 1 aliphatic carbocycles. The molecule has 1 aliphatic heterocycles. The quantitative estimate of drug-likeness (QED) is 0.609. The van der Waals surface area contributed by atoms with Gasteiger partial charge in [0.05, 0.1) is 30.6 Å². The van der Waals surface area contributed by atoms with Crippen molar-refractivity contribution < 1.29 is 24.2 Å². The van der Waals surface area contributed by atoms with Crippen LogP contribution in [-0.4, -0.2) is 47.4 Å². The van der Waals surface area contributed by atoms with Crippen LogP contribution in [0.5, 0.6) is 0 Å². The minimum Gasteiger partial charge on any atom is -0.478 e. The monoisotopic (exact) mass is 334 g/mol. The van der Waals surface area contributed by atoms with E-state index >= 15 is 0 Å². The molecule has 1 saturated carbocycles. The van der Waals surface area contributed by atoms with Gasteiger partial charge in [0.1, 0.15) is 5.71 Å². The van der Waals surface area contributed by atoms with Crippen molar-refractivity contribution in [3.63, 3.8) is 0 Å². The first-order valence-corrected chi connectivity index (χ1v) is 8.38. The van der Waals surface area contributed by atoms with E-state index in [4.69, 9.17) is 19.4 Å². The predicted octanol–water partition coefficient (Wildman–Crippen LogP) is 2.60. The Morgan fingerprint density at radius 2 is 2.21 bits per heavy atom. The number of aromatic nitrogens is 1. The van der Waals surface area contributed by atoms with Crippen LogP contribution in [0.25, 0.3) is 0 Å². The third-order valence-electron chi connectivity index (χ3n) is 4.23. The van der Waals surface area contributed by atoms with E-state index in [1.165, 1.54) is 24.8 Å². The molecule has 1 aromatic rings. The topological polar surface area (TPSA) is 90.2 Å². The smallest absolute Gasteiger partial charge is 0.335 e. The van der Waals surface area contributed by atoms with Crippen LogP contribution in [0.15, 0.2) is 23.5 Å². The maximum absolute atomic E-state index is 11.2. The Morgan fingerprint density at radius 1 is 1.33 bits per heavy atom. The molecule has 1 saturated heterocycles. The molecule has 2 aliphatic rings. The van der Waals surface area contributed by atoms with Gasteiger partial charge in [-0.15, -0.1) is 0 Å². The zero-order valence-electron chi connectivity index (χ0n) is 13.5. The maximum Gasteiger partial charge on any atom is 0.335 e. The van der Waals surface area contributed by atoms with E-state index in [0.29, 0.717) is 18.0 Å². The summed E-state index contributed by atoms with van der Waals surface area (Å²) in [5.41, 5.74) is 1.09. The van der Waals surface area contributed by atoms with Gasteiger partial charge in [-0.05, 0) is 44.2 Å². The molecule has 0 radical (unpaired) electrons. The molecular weight excluding hydrogens is 312 g/mol. The van der Waals surface area contributed by atoms with Crippen LogP contribution in [0.1, 0.15) is 54.6 Å². The number of hydrogen-bond acceptors (Lipinski definition) is 6. The van der Waals surface area contributed by atoms with E-state index in [1.807, 2.05) is 0 Å². The van der Waals surface area contributed by atoms with Crippen molar-refractivity contribution in [3.05, 3.63) is 29.6 Å². The highest BCUT2D eigenvalue weighted by atomic mass is 16.8. The average Bonchev–Trinajstić information content (AvgIpc) is 2.57. The second-order valence-electron chi connectivity index (χ2n) is 6.04. The summed E-state index contributed by atoms with van der Waals surface area (Å²) in [6.07, 6.45) is 7.47. The Morgan fingerprint density at radius 3 is 2.88 bits per heavy atom. The number of carbonyl (C=O) groups is 1. The molecule has 1 unspecified atom stereocenters. The van der Waals surface area contributed by atoms with Gasteiger partial charge < -0.3 is 19.4 Å². The second kappa shape index (κ2) is 8.21. The standard InChI is InChI=1S/C17H22N2O5/c20-17(21)12-7-8-18-14(10-12)15(11-23-13-4-3-5-13)19-24-16-6-1-2-9-22-16/h7-8,10,13,16H,1-6,9,11H2,(H,20,21)/b19-15+. The maximum atomic E-state index is 11.2. The minimum absolute atomic E-state index is 0.158. The minimum atomic E-state index is -1.01. The molecule has 7 heteroatoms. The van der Waals surface area contributed by atoms with Gasteiger partial charge in [0.25, 0.3) is 0 Å². The number of ether oxygens (including phenoxy) is 2. The molecular formula is C17H22N2O5. The average molecular weight is 334 g/mol. The lowest BCUT2D eigenvalue weighted by Gasteiger charge is -2.26. The summed E-state index contributed by atoms with van der Waals surface area (Å²) >= 11 is 0. The number of oxime groups is 1. The summed E-state index contributed by atoms with van der Waals surface area (Å²) in [5, 5.41) is 13.3. The van der Waals surface area contributed by atoms with Gasteiger partial charge in [0, 0.05) is 12.6 Å². The first-order valence-electron chi connectivity index (χ1n) is 8.38.